The van der Waals surface area contributed by atoms with Crippen LogP contribution in [0.15, 0.2) is 176 Å². The molecular weight excluding hydrogens is 641 g/mol. The molecule has 0 bridgehead atoms. The van der Waals surface area contributed by atoms with Crippen LogP contribution in [0.3, 0.4) is 0 Å². The minimum Gasteiger partial charge on any atom is -0.314 e. The first-order valence-electron chi connectivity index (χ1n) is 19.0. The predicted octanol–water partition coefficient (Wildman–Crippen LogP) is 13.3. The van der Waals surface area contributed by atoms with Crippen molar-refractivity contribution in [3.05, 3.63) is 204 Å². The molecule has 10 rings (SSSR count). The molecule has 3 aliphatic carbocycles. The Labute approximate surface area is 312 Å². The van der Waals surface area contributed by atoms with Gasteiger partial charge in [-0.1, -0.05) is 129 Å². The van der Waals surface area contributed by atoms with Crippen LogP contribution in [0.25, 0.3) is 44.9 Å². The molecule has 256 valence electrons. The summed E-state index contributed by atoms with van der Waals surface area (Å²) < 4.78 is 2.43. The highest BCUT2D eigenvalue weighted by Gasteiger charge is 2.36. The van der Waals surface area contributed by atoms with Crippen molar-refractivity contribution in [1.82, 2.24) is 4.57 Å². The lowest BCUT2D eigenvalue weighted by molar-refractivity contribution is 0.660. The van der Waals surface area contributed by atoms with Gasteiger partial charge in [-0.15, -0.1) is 0 Å². The lowest BCUT2D eigenvalue weighted by Crippen LogP contribution is -2.21. The van der Waals surface area contributed by atoms with Crippen LogP contribution in [0.5, 0.6) is 0 Å². The van der Waals surface area contributed by atoms with Crippen LogP contribution >= 0.6 is 0 Å². The minimum absolute atomic E-state index is 0.0715. The Morgan fingerprint density at radius 2 is 1.38 bits per heavy atom. The van der Waals surface area contributed by atoms with Crippen LogP contribution in [0.4, 0.5) is 11.4 Å². The Hall–Kier alpha value is -6.12. The molecule has 1 heterocycles. The summed E-state index contributed by atoms with van der Waals surface area (Å²) in [6, 6.07) is 54.0. The molecule has 0 saturated heterocycles. The van der Waals surface area contributed by atoms with Gasteiger partial charge < -0.3 is 9.47 Å². The van der Waals surface area contributed by atoms with Crippen LogP contribution in [-0.4, -0.2) is 4.57 Å². The van der Waals surface area contributed by atoms with Crippen molar-refractivity contribution in [2.45, 2.75) is 44.4 Å². The maximum atomic E-state index is 2.49. The number of benzene rings is 6. The smallest absolute Gasteiger partial charge is 0.0538 e. The number of aryl methyl sites for hydroxylation is 1. The number of fused-ring (bicyclic) bond motifs is 6. The second kappa shape index (κ2) is 12.5. The molecule has 0 radical (unpaired) electrons. The fourth-order valence-electron chi connectivity index (χ4n) is 9.14. The normalized spacial score (nSPS) is 16.6. The van der Waals surface area contributed by atoms with Crippen LogP contribution in [-0.2, 0) is 11.8 Å². The van der Waals surface area contributed by atoms with E-state index in [0.717, 1.165) is 19.3 Å². The molecule has 0 spiro atoms. The van der Waals surface area contributed by atoms with E-state index in [1.165, 1.54) is 83.9 Å². The molecule has 1 aromatic heterocycles. The van der Waals surface area contributed by atoms with E-state index in [9.17, 15) is 0 Å². The zero-order valence-corrected chi connectivity index (χ0v) is 30.3. The Morgan fingerprint density at radius 1 is 0.660 bits per heavy atom. The van der Waals surface area contributed by atoms with Crippen molar-refractivity contribution in [3.8, 4) is 27.9 Å². The summed E-state index contributed by atoms with van der Waals surface area (Å²) >= 11 is 0. The summed E-state index contributed by atoms with van der Waals surface area (Å²) in [4.78, 5) is 2.49. The lowest BCUT2D eigenvalue weighted by atomic mass is 9.82. The van der Waals surface area contributed by atoms with Crippen molar-refractivity contribution in [2.24, 2.45) is 0 Å². The van der Waals surface area contributed by atoms with Gasteiger partial charge in [0.25, 0.3) is 0 Å². The van der Waals surface area contributed by atoms with E-state index in [2.05, 4.69) is 199 Å². The van der Waals surface area contributed by atoms with Gasteiger partial charge in [-0.2, -0.15) is 0 Å². The van der Waals surface area contributed by atoms with Crippen molar-refractivity contribution in [2.75, 3.05) is 4.90 Å². The third kappa shape index (κ3) is 5.24. The van der Waals surface area contributed by atoms with E-state index in [0.29, 0.717) is 5.92 Å². The molecule has 0 saturated carbocycles. The van der Waals surface area contributed by atoms with Gasteiger partial charge in [-0.3, -0.25) is 0 Å². The molecule has 0 aliphatic heterocycles. The summed E-state index contributed by atoms with van der Waals surface area (Å²) in [7, 11) is 0. The second-order valence-corrected chi connectivity index (χ2v) is 15.3. The lowest BCUT2D eigenvalue weighted by Gasteiger charge is -2.32. The Balaban J connectivity index is 1.05. The zero-order valence-electron chi connectivity index (χ0n) is 30.3. The first-order chi connectivity index (χ1) is 26.0. The molecule has 1 atom stereocenters. The zero-order chi connectivity index (χ0) is 35.5. The Bertz CT molecular complexity index is 2600. The number of para-hydroxylation sites is 1. The second-order valence-electron chi connectivity index (χ2n) is 15.3. The van der Waals surface area contributed by atoms with Gasteiger partial charge >= 0.3 is 0 Å². The number of allylic oxidation sites excluding steroid dienone is 5. The number of hydrogen-bond acceptors (Lipinski definition) is 1. The number of aromatic nitrogens is 1. The van der Waals surface area contributed by atoms with Gasteiger partial charge in [0.1, 0.15) is 0 Å². The summed E-state index contributed by atoms with van der Waals surface area (Å²) in [6.45, 7) is 4.74. The molecule has 1 unspecified atom stereocenters. The third-order valence-electron chi connectivity index (χ3n) is 11.8. The first-order valence-corrected chi connectivity index (χ1v) is 19.0. The summed E-state index contributed by atoms with van der Waals surface area (Å²) in [6.07, 6.45) is 14.6. The highest BCUT2D eigenvalue weighted by Crippen LogP contribution is 2.50. The number of hydrogen-bond donors (Lipinski definition) is 0. The fraction of sp³-hybridized carbons (Fsp3) is 0.137. The van der Waals surface area contributed by atoms with E-state index in [4.69, 9.17) is 0 Å². The summed E-state index contributed by atoms with van der Waals surface area (Å²) in [5, 5.41) is 1.35. The fourth-order valence-corrected chi connectivity index (χ4v) is 9.14. The quantitative estimate of drug-likeness (QED) is 0.169. The SMILES string of the molecule is CC1(C)c2ccccc2-c2ccc(N(C3=CC=CC(c4ccccc4)C3)c3ccc(-c4ccc5c(c4)c4c(n5-c5ccccc5)C=CCC4)cc3)cc21. The average Bonchev–Trinajstić information content (AvgIpc) is 3.67. The number of nitrogens with zero attached hydrogens (tertiary/aromatic N) is 2. The predicted molar refractivity (Wildman–Crippen MR) is 223 cm³/mol. The molecule has 7 aromatic rings. The van der Waals surface area contributed by atoms with Crippen molar-refractivity contribution in [1.29, 1.82) is 0 Å². The highest BCUT2D eigenvalue weighted by molar-refractivity contribution is 5.94. The van der Waals surface area contributed by atoms with Gasteiger partial charge in [0.05, 0.1) is 5.52 Å². The molecule has 0 N–H and O–H groups in total. The van der Waals surface area contributed by atoms with E-state index in [-0.39, 0.29) is 5.41 Å². The third-order valence-corrected chi connectivity index (χ3v) is 11.8. The van der Waals surface area contributed by atoms with E-state index in [1.54, 1.807) is 0 Å². The first kappa shape index (κ1) is 31.6. The maximum Gasteiger partial charge on any atom is 0.0538 e. The molecule has 53 heavy (non-hydrogen) atoms. The average molecular weight is 683 g/mol. The standard InChI is InChI=1S/C51H42N2/c1-51(2)47-22-11-9-20-43(47)44-30-29-42(34-48(44)51)52(41-19-13-16-37(32-41)35-14-5-3-6-15-35)40-27-24-36(25-28-40)38-26-31-50-46(33-38)45-21-10-12-23-49(45)53(50)39-17-7-4-8-18-39/h3-9,11-20,22-31,33-34,37H,10,21,32H2,1-2H3. The molecule has 3 aliphatic rings. The molecule has 0 amide bonds. The highest BCUT2D eigenvalue weighted by atomic mass is 15.1. The number of anilines is 2. The van der Waals surface area contributed by atoms with Crippen molar-refractivity contribution >= 4 is 28.4 Å². The van der Waals surface area contributed by atoms with Crippen LogP contribution in [0.1, 0.15) is 60.6 Å². The molecular formula is C51H42N2. The van der Waals surface area contributed by atoms with Crippen LogP contribution in [0, 0.1) is 0 Å². The molecule has 2 heteroatoms. The van der Waals surface area contributed by atoms with Crippen molar-refractivity contribution < 1.29 is 0 Å². The van der Waals surface area contributed by atoms with E-state index in [1.807, 2.05) is 0 Å². The summed E-state index contributed by atoms with van der Waals surface area (Å²) in [5.74, 6) is 0.323. The molecule has 2 nitrogen and oxygen atoms in total. The van der Waals surface area contributed by atoms with Crippen LogP contribution in [0.2, 0.25) is 0 Å². The minimum atomic E-state index is -0.0715. The molecule has 0 fully saturated rings. The van der Waals surface area contributed by atoms with Gasteiger partial charge in [-0.25, -0.2) is 0 Å². The maximum absolute atomic E-state index is 2.49. The Kier molecular flexibility index (Phi) is 7.47. The van der Waals surface area contributed by atoms with Gasteiger partial charge in [0, 0.05) is 45.2 Å². The van der Waals surface area contributed by atoms with Gasteiger partial charge in [0.2, 0.25) is 0 Å². The van der Waals surface area contributed by atoms with Gasteiger partial charge in [-0.05, 0) is 124 Å². The van der Waals surface area contributed by atoms with E-state index >= 15 is 0 Å². The summed E-state index contributed by atoms with van der Waals surface area (Å²) in [5.41, 5.74) is 18.2. The molecule has 6 aromatic carbocycles. The monoisotopic (exact) mass is 682 g/mol. The topological polar surface area (TPSA) is 8.17 Å². The van der Waals surface area contributed by atoms with Crippen LogP contribution < -0.4 is 4.90 Å². The van der Waals surface area contributed by atoms with Crippen molar-refractivity contribution in [3.63, 3.8) is 0 Å². The number of rotatable bonds is 6. The Morgan fingerprint density at radius 3 is 2.21 bits per heavy atom. The van der Waals surface area contributed by atoms with Gasteiger partial charge in [0.15, 0.2) is 0 Å². The largest absolute Gasteiger partial charge is 0.314 e. The van der Waals surface area contributed by atoms with E-state index < -0.39 is 0 Å².